The Morgan fingerprint density at radius 1 is 1.32 bits per heavy atom. The fourth-order valence-corrected chi connectivity index (χ4v) is 2.92. The molecule has 2 rings (SSSR count). The average molecular weight is 277 g/mol. The van der Waals surface area contributed by atoms with Gasteiger partial charge in [-0.15, -0.1) is 11.3 Å². The SMILES string of the molecule is CCc1nc(N)cc(NC(C)c2sc(C)nc2C)n1. The number of anilines is 2. The van der Waals surface area contributed by atoms with Crippen LogP contribution < -0.4 is 11.1 Å². The minimum atomic E-state index is 0.158. The van der Waals surface area contributed by atoms with E-state index in [1.54, 1.807) is 17.4 Å². The molecule has 2 aromatic rings. The van der Waals surface area contributed by atoms with Crippen LogP contribution in [0.5, 0.6) is 0 Å². The third-order valence-corrected chi connectivity index (χ3v) is 4.06. The summed E-state index contributed by atoms with van der Waals surface area (Å²) in [5.74, 6) is 2.02. The van der Waals surface area contributed by atoms with Crippen molar-refractivity contribution in [3.63, 3.8) is 0 Å². The van der Waals surface area contributed by atoms with E-state index < -0.39 is 0 Å². The molecule has 6 heteroatoms. The highest BCUT2D eigenvalue weighted by atomic mass is 32.1. The molecular weight excluding hydrogens is 258 g/mol. The van der Waals surface area contributed by atoms with Gasteiger partial charge in [0.05, 0.1) is 16.7 Å². The maximum Gasteiger partial charge on any atom is 0.132 e. The minimum absolute atomic E-state index is 0.158. The first-order valence-corrected chi connectivity index (χ1v) is 7.15. The van der Waals surface area contributed by atoms with Crippen molar-refractivity contribution in [2.24, 2.45) is 0 Å². The lowest BCUT2D eigenvalue weighted by molar-refractivity contribution is 0.863. The van der Waals surface area contributed by atoms with E-state index in [2.05, 4.69) is 27.2 Å². The monoisotopic (exact) mass is 277 g/mol. The van der Waals surface area contributed by atoms with Gasteiger partial charge in [0, 0.05) is 17.4 Å². The van der Waals surface area contributed by atoms with Crippen molar-refractivity contribution in [1.82, 2.24) is 15.0 Å². The fourth-order valence-electron chi connectivity index (χ4n) is 1.99. The Bertz CT molecular complexity index is 578. The normalized spacial score (nSPS) is 12.4. The van der Waals surface area contributed by atoms with Gasteiger partial charge in [-0.25, -0.2) is 15.0 Å². The summed E-state index contributed by atoms with van der Waals surface area (Å²) in [5, 5.41) is 4.45. The minimum Gasteiger partial charge on any atom is -0.384 e. The number of nitrogen functional groups attached to an aromatic ring is 1. The van der Waals surface area contributed by atoms with Crippen molar-refractivity contribution in [3.05, 3.63) is 27.5 Å². The molecule has 102 valence electrons. The molecular formula is C13H19N5S. The van der Waals surface area contributed by atoms with Crippen molar-refractivity contribution >= 4 is 23.0 Å². The molecule has 0 saturated carbocycles. The molecule has 19 heavy (non-hydrogen) atoms. The van der Waals surface area contributed by atoms with Crippen LogP contribution in [0.3, 0.4) is 0 Å². The molecule has 0 aliphatic carbocycles. The zero-order valence-electron chi connectivity index (χ0n) is 11.7. The molecule has 2 aromatic heterocycles. The van der Waals surface area contributed by atoms with E-state index in [1.807, 2.05) is 20.8 Å². The molecule has 0 aliphatic heterocycles. The molecule has 0 amide bonds. The molecule has 0 bridgehead atoms. The van der Waals surface area contributed by atoms with E-state index in [-0.39, 0.29) is 6.04 Å². The lowest BCUT2D eigenvalue weighted by atomic mass is 10.2. The van der Waals surface area contributed by atoms with E-state index >= 15 is 0 Å². The van der Waals surface area contributed by atoms with Crippen LogP contribution in [0, 0.1) is 13.8 Å². The number of nitrogens with zero attached hydrogens (tertiary/aromatic N) is 3. The van der Waals surface area contributed by atoms with Gasteiger partial charge in [-0.2, -0.15) is 0 Å². The maximum atomic E-state index is 5.78. The molecule has 1 atom stereocenters. The van der Waals surface area contributed by atoms with Gasteiger partial charge in [0.2, 0.25) is 0 Å². The molecule has 1 unspecified atom stereocenters. The number of aryl methyl sites for hydroxylation is 3. The van der Waals surface area contributed by atoms with Crippen LogP contribution in [0.25, 0.3) is 0 Å². The summed E-state index contributed by atoms with van der Waals surface area (Å²) >= 11 is 1.71. The summed E-state index contributed by atoms with van der Waals surface area (Å²) in [4.78, 5) is 14.3. The van der Waals surface area contributed by atoms with E-state index in [4.69, 9.17) is 5.73 Å². The maximum absolute atomic E-state index is 5.78. The van der Waals surface area contributed by atoms with Gasteiger partial charge >= 0.3 is 0 Å². The number of rotatable bonds is 4. The Morgan fingerprint density at radius 2 is 2.05 bits per heavy atom. The molecule has 0 spiro atoms. The van der Waals surface area contributed by atoms with E-state index in [9.17, 15) is 0 Å². The van der Waals surface area contributed by atoms with Crippen LogP contribution in [-0.2, 0) is 6.42 Å². The second-order valence-electron chi connectivity index (χ2n) is 4.50. The first kappa shape index (κ1) is 13.7. The van der Waals surface area contributed by atoms with Crippen molar-refractivity contribution in [2.45, 2.75) is 40.2 Å². The second kappa shape index (κ2) is 5.52. The van der Waals surface area contributed by atoms with E-state index in [1.165, 1.54) is 4.88 Å². The number of hydrogen-bond donors (Lipinski definition) is 2. The molecule has 0 aromatic carbocycles. The van der Waals surface area contributed by atoms with Gasteiger partial charge in [-0.1, -0.05) is 6.92 Å². The summed E-state index contributed by atoms with van der Waals surface area (Å²) in [7, 11) is 0. The molecule has 0 fully saturated rings. The van der Waals surface area contributed by atoms with E-state index in [0.29, 0.717) is 5.82 Å². The Kier molecular flexibility index (Phi) is 3.99. The summed E-state index contributed by atoms with van der Waals surface area (Å²) in [6.45, 7) is 8.16. The fraction of sp³-hybridized carbons (Fsp3) is 0.462. The number of nitrogens with two attached hydrogens (primary N) is 1. The number of aromatic nitrogens is 3. The van der Waals surface area contributed by atoms with Gasteiger partial charge in [0.15, 0.2) is 0 Å². The highest BCUT2D eigenvalue weighted by Crippen LogP contribution is 2.27. The molecule has 5 nitrogen and oxygen atoms in total. The van der Waals surface area contributed by atoms with Gasteiger partial charge in [-0.05, 0) is 20.8 Å². The van der Waals surface area contributed by atoms with Gasteiger partial charge in [-0.3, -0.25) is 0 Å². The van der Waals surface area contributed by atoms with Crippen LogP contribution in [-0.4, -0.2) is 15.0 Å². The zero-order valence-corrected chi connectivity index (χ0v) is 12.5. The smallest absolute Gasteiger partial charge is 0.132 e. The Hall–Kier alpha value is -1.69. The van der Waals surface area contributed by atoms with Crippen LogP contribution in [0.4, 0.5) is 11.6 Å². The quantitative estimate of drug-likeness (QED) is 0.898. The Balaban J connectivity index is 2.21. The van der Waals surface area contributed by atoms with Gasteiger partial charge < -0.3 is 11.1 Å². The molecule has 0 radical (unpaired) electrons. The van der Waals surface area contributed by atoms with Crippen LogP contribution in [0.1, 0.15) is 41.3 Å². The number of hydrogen-bond acceptors (Lipinski definition) is 6. The third-order valence-electron chi connectivity index (χ3n) is 2.81. The molecule has 3 N–H and O–H groups in total. The topological polar surface area (TPSA) is 76.7 Å². The largest absolute Gasteiger partial charge is 0.384 e. The summed E-state index contributed by atoms with van der Waals surface area (Å²) in [6.07, 6.45) is 0.771. The summed E-state index contributed by atoms with van der Waals surface area (Å²) in [6, 6.07) is 1.92. The number of nitrogens with one attached hydrogen (secondary N) is 1. The predicted octanol–water partition coefficient (Wildman–Crippen LogP) is 2.87. The first-order valence-electron chi connectivity index (χ1n) is 6.33. The Morgan fingerprint density at radius 3 is 2.63 bits per heavy atom. The number of thiazole rings is 1. The second-order valence-corrected chi connectivity index (χ2v) is 5.73. The summed E-state index contributed by atoms with van der Waals surface area (Å²) < 4.78 is 0. The standard InChI is InChI=1S/C13H19N5S/c1-5-11-17-10(14)6-12(18-11)16-8(3)13-7(2)15-9(4)19-13/h6,8H,5H2,1-4H3,(H3,14,16,17,18). The first-order chi connectivity index (χ1) is 8.99. The van der Waals surface area contributed by atoms with Gasteiger partial charge in [0.1, 0.15) is 17.5 Å². The van der Waals surface area contributed by atoms with Crippen LogP contribution in [0.15, 0.2) is 6.07 Å². The van der Waals surface area contributed by atoms with Crippen molar-refractivity contribution < 1.29 is 0 Å². The van der Waals surface area contributed by atoms with E-state index in [0.717, 1.165) is 28.8 Å². The van der Waals surface area contributed by atoms with Crippen LogP contribution in [0.2, 0.25) is 0 Å². The average Bonchev–Trinajstić information content (AvgIpc) is 2.67. The van der Waals surface area contributed by atoms with Crippen molar-refractivity contribution in [1.29, 1.82) is 0 Å². The van der Waals surface area contributed by atoms with Crippen LogP contribution >= 0.6 is 11.3 Å². The molecule has 2 heterocycles. The highest BCUT2D eigenvalue weighted by Gasteiger charge is 2.13. The third kappa shape index (κ3) is 3.20. The zero-order chi connectivity index (χ0) is 14.0. The lowest BCUT2D eigenvalue weighted by Crippen LogP contribution is -2.10. The highest BCUT2D eigenvalue weighted by molar-refractivity contribution is 7.11. The van der Waals surface area contributed by atoms with Gasteiger partial charge in [0.25, 0.3) is 0 Å². The van der Waals surface area contributed by atoms with Crippen molar-refractivity contribution in [2.75, 3.05) is 11.1 Å². The lowest BCUT2D eigenvalue weighted by Gasteiger charge is -2.14. The molecule has 0 saturated heterocycles. The Labute approximate surface area is 117 Å². The molecule has 0 aliphatic rings. The van der Waals surface area contributed by atoms with Crippen molar-refractivity contribution in [3.8, 4) is 0 Å². The summed E-state index contributed by atoms with van der Waals surface area (Å²) in [5.41, 5.74) is 6.85. The predicted molar refractivity (Wildman–Crippen MR) is 79.4 cm³/mol.